The third-order valence-electron chi connectivity index (χ3n) is 7.24. The fourth-order valence-electron chi connectivity index (χ4n) is 4.99. The average molecular weight is 521 g/mol. The molecule has 0 unspecified atom stereocenters. The molecule has 4 aromatic carbocycles. The maximum Gasteiger partial charge on any atom is 0.251 e. The van der Waals surface area contributed by atoms with Gasteiger partial charge in [-0.3, -0.25) is 14.4 Å². The number of hydrogen-bond acceptors (Lipinski definition) is 4. The maximum absolute atomic E-state index is 14.2. The monoisotopic (exact) mass is 520 g/mol. The largest absolute Gasteiger partial charge is 0.341 e. The van der Waals surface area contributed by atoms with Crippen LogP contribution in [-0.2, 0) is 27.3 Å². The van der Waals surface area contributed by atoms with Crippen LogP contribution >= 0.6 is 0 Å². The number of fused-ring (bicyclic) bond motifs is 2. The standard InChI is InChI=1S/C32H32N4O3/c1-22(33-2)31(38)34-27-21-35(30(37)19-23-11-4-3-5-12-23)28-17-8-9-18-29(28)36(32(27)39)20-25-15-10-14-24-13-6-7-16-26(24)25/h3-18,22,27,33H,19-21H2,1-2H3,(H,34,38)/t22-,27-/m0/s1. The van der Waals surface area contributed by atoms with Crippen molar-refractivity contribution in [3.05, 3.63) is 108 Å². The van der Waals surface area contributed by atoms with E-state index >= 15 is 0 Å². The van der Waals surface area contributed by atoms with Gasteiger partial charge in [0.1, 0.15) is 6.04 Å². The number of nitrogens with zero attached hydrogens (tertiary/aromatic N) is 2. The molecular weight excluding hydrogens is 488 g/mol. The van der Waals surface area contributed by atoms with E-state index < -0.39 is 12.1 Å². The molecule has 1 aliphatic rings. The first kappa shape index (κ1) is 26.1. The Morgan fingerprint density at radius 3 is 2.31 bits per heavy atom. The van der Waals surface area contributed by atoms with Crippen LogP contribution in [0.15, 0.2) is 97.1 Å². The second kappa shape index (κ2) is 11.5. The van der Waals surface area contributed by atoms with Crippen molar-refractivity contribution in [3.8, 4) is 0 Å². The van der Waals surface area contributed by atoms with Gasteiger partial charge in [0.25, 0.3) is 5.91 Å². The summed E-state index contributed by atoms with van der Waals surface area (Å²) < 4.78 is 0. The third-order valence-corrected chi connectivity index (χ3v) is 7.24. The van der Waals surface area contributed by atoms with Crippen molar-refractivity contribution in [1.29, 1.82) is 0 Å². The Morgan fingerprint density at radius 2 is 1.54 bits per heavy atom. The summed E-state index contributed by atoms with van der Waals surface area (Å²) in [5.74, 6) is -0.709. The molecule has 198 valence electrons. The molecule has 0 spiro atoms. The van der Waals surface area contributed by atoms with Crippen molar-refractivity contribution >= 4 is 39.9 Å². The summed E-state index contributed by atoms with van der Waals surface area (Å²) in [7, 11) is 1.69. The molecule has 0 fully saturated rings. The highest BCUT2D eigenvalue weighted by Crippen LogP contribution is 2.35. The Kier molecular flexibility index (Phi) is 7.70. The molecule has 0 saturated heterocycles. The van der Waals surface area contributed by atoms with E-state index in [9.17, 15) is 14.4 Å². The number of amides is 3. The van der Waals surface area contributed by atoms with Gasteiger partial charge in [-0.15, -0.1) is 0 Å². The van der Waals surface area contributed by atoms with Crippen LogP contribution in [0.4, 0.5) is 11.4 Å². The van der Waals surface area contributed by atoms with E-state index in [0.717, 1.165) is 21.9 Å². The molecule has 4 aromatic rings. The van der Waals surface area contributed by atoms with E-state index in [0.29, 0.717) is 17.9 Å². The SMILES string of the molecule is CN[C@@H](C)C(=O)N[C@H]1CN(C(=O)Cc2ccccc2)c2ccccc2N(Cc2cccc3ccccc23)C1=O. The van der Waals surface area contributed by atoms with Crippen LogP contribution < -0.4 is 20.4 Å². The van der Waals surface area contributed by atoms with Crippen molar-refractivity contribution < 1.29 is 14.4 Å². The van der Waals surface area contributed by atoms with Crippen LogP contribution in [0.25, 0.3) is 10.8 Å². The van der Waals surface area contributed by atoms with Crippen molar-refractivity contribution in [1.82, 2.24) is 10.6 Å². The summed E-state index contributed by atoms with van der Waals surface area (Å²) in [4.78, 5) is 44.2. The Balaban J connectivity index is 1.57. The number of rotatable bonds is 7. The third kappa shape index (κ3) is 5.54. The van der Waals surface area contributed by atoms with Crippen molar-refractivity contribution in [2.75, 3.05) is 23.4 Å². The molecule has 7 nitrogen and oxygen atoms in total. The summed E-state index contributed by atoms with van der Waals surface area (Å²) in [5.41, 5.74) is 3.14. The molecule has 1 heterocycles. The molecule has 2 atom stereocenters. The van der Waals surface area contributed by atoms with Crippen molar-refractivity contribution in [3.63, 3.8) is 0 Å². The number of para-hydroxylation sites is 2. The molecular formula is C32H32N4O3. The van der Waals surface area contributed by atoms with Crippen LogP contribution in [0, 0.1) is 0 Å². The number of anilines is 2. The normalized spacial score (nSPS) is 15.9. The second-order valence-corrected chi connectivity index (χ2v) is 9.79. The molecule has 0 saturated carbocycles. The molecule has 0 aromatic heterocycles. The minimum Gasteiger partial charge on any atom is -0.341 e. The van der Waals surface area contributed by atoms with Crippen LogP contribution in [0.3, 0.4) is 0 Å². The Hall–Kier alpha value is -4.49. The molecule has 0 radical (unpaired) electrons. The predicted molar refractivity (Wildman–Crippen MR) is 155 cm³/mol. The number of hydrogen-bond donors (Lipinski definition) is 2. The number of nitrogens with one attached hydrogen (secondary N) is 2. The van der Waals surface area contributed by atoms with E-state index in [1.165, 1.54) is 0 Å². The van der Waals surface area contributed by atoms with Crippen LogP contribution in [0.2, 0.25) is 0 Å². The first-order valence-electron chi connectivity index (χ1n) is 13.1. The molecule has 5 rings (SSSR count). The van der Waals surface area contributed by atoms with Gasteiger partial charge in [-0.1, -0.05) is 84.9 Å². The molecule has 3 amide bonds. The molecule has 2 N–H and O–H groups in total. The van der Waals surface area contributed by atoms with Gasteiger partial charge in [0, 0.05) is 0 Å². The highest BCUT2D eigenvalue weighted by molar-refractivity contribution is 6.08. The summed E-state index contributed by atoms with van der Waals surface area (Å²) in [6.45, 7) is 2.07. The lowest BCUT2D eigenvalue weighted by Gasteiger charge is -2.26. The van der Waals surface area contributed by atoms with Gasteiger partial charge >= 0.3 is 0 Å². The quantitative estimate of drug-likeness (QED) is 0.385. The van der Waals surface area contributed by atoms with Crippen LogP contribution in [0.5, 0.6) is 0 Å². The fraction of sp³-hybridized carbons (Fsp3) is 0.219. The summed E-state index contributed by atoms with van der Waals surface area (Å²) in [6.07, 6.45) is 0.181. The second-order valence-electron chi connectivity index (χ2n) is 9.79. The first-order chi connectivity index (χ1) is 19.0. The zero-order chi connectivity index (χ0) is 27.4. The molecule has 7 heteroatoms. The van der Waals surface area contributed by atoms with Gasteiger partial charge in [-0.2, -0.15) is 0 Å². The highest BCUT2D eigenvalue weighted by atomic mass is 16.2. The average Bonchev–Trinajstić information content (AvgIpc) is 3.08. The molecule has 0 aliphatic carbocycles. The Bertz CT molecular complexity index is 1500. The van der Waals surface area contributed by atoms with Crippen LogP contribution in [-0.4, -0.2) is 43.4 Å². The summed E-state index contributed by atoms with van der Waals surface area (Å²) in [6, 6.07) is 29.7. The van der Waals surface area contributed by atoms with Gasteiger partial charge in [0.2, 0.25) is 11.8 Å². The minimum absolute atomic E-state index is 0.0374. The summed E-state index contributed by atoms with van der Waals surface area (Å²) in [5, 5.41) is 7.96. The minimum atomic E-state index is -0.921. The van der Waals surface area contributed by atoms with Crippen molar-refractivity contribution in [2.45, 2.75) is 32.0 Å². The molecule has 1 aliphatic heterocycles. The van der Waals surface area contributed by atoms with Gasteiger partial charge in [-0.25, -0.2) is 0 Å². The Labute approximate surface area is 228 Å². The first-order valence-corrected chi connectivity index (χ1v) is 13.1. The molecule has 39 heavy (non-hydrogen) atoms. The maximum atomic E-state index is 14.2. The lowest BCUT2D eigenvalue weighted by Crippen LogP contribution is -2.55. The Morgan fingerprint density at radius 1 is 0.872 bits per heavy atom. The zero-order valence-electron chi connectivity index (χ0n) is 22.1. The lowest BCUT2D eigenvalue weighted by molar-refractivity contribution is -0.128. The van der Waals surface area contributed by atoms with E-state index in [2.05, 4.69) is 10.6 Å². The van der Waals surface area contributed by atoms with Gasteiger partial charge in [0.05, 0.1) is 36.9 Å². The molecule has 0 bridgehead atoms. The van der Waals surface area contributed by atoms with E-state index in [4.69, 9.17) is 0 Å². The van der Waals surface area contributed by atoms with Crippen LogP contribution in [0.1, 0.15) is 18.1 Å². The fourth-order valence-corrected chi connectivity index (χ4v) is 4.99. The number of likely N-dealkylation sites (N-methyl/N-ethyl adjacent to an activating group) is 1. The predicted octanol–water partition coefficient (Wildman–Crippen LogP) is 4.06. The van der Waals surface area contributed by atoms with E-state index in [1.54, 1.807) is 23.8 Å². The number of carbonyl (C=O) groups is 3. The number of benzene rings is 4. The number of carbonyl (C=O) groups excluding carboxylic acids is 3. The summed E-state index contributed by atoms with van der Waals surface area (Å²) >= 11 is 0. The zero-order valence-corrected chi connectivity index (χ0v) is 22.1. The highest BCUT2D eigenvalue weighted by Gasteiger charge is 2.37. The van der Waals surface area contributed by atoms with E-state index in [-0.39, 0.29) is 30.7 Å². The van der Waals surface area contributed by atoms with Gasteiger partial charge < -0.3 is 20.4 Å². The van der Waals surface area contributed by atoms with Gasteiger partial charge in [0.15, 0.2) is 0 Å². The van der Waals surface area contributed by atoms with E-state index in [1.807, 2.05) is 97.1 Å². The van der Waals surface area contributed by atoms with Crippen molar-refractivity contribution in [2.24, 2.45) is 0 Å². The smallest absolute Gasteiger partial charge is 0.251 e. The van der Waals surface area contributed by atoms with Gasteiger partial charge in [-0.05, 0) is 48.0 Å². The topological polar surface area (TPSA) is 81.8 Å². The lowest BCUT2D eigenvalue weighted by atomic mass is 10.0.